The summed E-state index contributed by atoms with van der Waals surface area (Å²) >= 11 is 0. The van der Waals surface area contributed by atoms with E-state index in [1.807, 2.05) is 0 Å². The van der Waals surface area contributed by atoms with Crippen LogP contribution in [0.3, 0.4) is 0 Å². The topological polar surface area (TPSA) is 134 Å². The molecule has 0 radical (unpaired) electrons. The first kappa shape index (κ1) is 45.0. The van der Waals surface area contributed by atoms with Gasteiger partial charge in [0.15, 0.2) is 6.10 Å². The lowest BCUT2D eigenvalue weighted by molar-refractivity contribution is -0.161. The lowest BCUT2D eigenvalue weighted by Gasteiger charge is -2.20. The van der Waals surface area contributed by atoms with E-state index in [1.165, 1.54) is 116 Å². The maximum absolute atomic E-state index is 12.5. The molecular weight excluding hydrogens is 605 g/mol. The molecule has 46 heavy (non-hydrogen) atoms. The summed E-state index contributed by atoms with van der Waals surface area (Å²) in [7, 11) is -4.35. The Morgan fingerprint density at radius 2 is 0.957 bits per heavy atom. The molecule has 0 aliphatic carbocycles. The van der Waals surface area contributed by atoms with E-state index in [-0.39, 0.29) is 25.6 Å². The van der Waals surface area contributed by atoms with Gasteiger partial charge in [-0.1, -0.05) is 155 Å². The fourth-order valence-corrected chi connectivity index (χ4v) is 6.11. The lowest BCUT2D eigenvalue weighted by Crippen LogP contribution is -2.29. The number of nitrogens with two attached hydrogens (primary N) is 1. The Kier molecular flexibility index (Phi) is 33.2. The Morgan fingerprint density at radius 3 is 1.37 bits per heavy atom. The number of rotatable bonds is 36. The number of carbonyl (C=O) groups is 2. The Balaban J connectivity index is 4.27. The third-order valence-corrected chi connectivity index (χ3v) is 9.21. The van der Waals surface area contributed by atoms with Crippen molar-refractivity contribution in [2.24, 2.45) is 5.73 Å². The van der Waals surface area contributed by atoms with Gasteiger partial charge in [0.1, 0.15) is 6.61 Å². The van der Waals surface area contributed by atoms with Crippen molar-refractivity contribution in [3.63, 3.8) is 0 Å². The average Bonchev–Trinajstić information content (AvgIpc) is 3.03. The van der Waals surface area contributed by atoms with Crippen LogP contribution in [0.25, 0.3) is 0 Å². The number of unbranched alkanes of at least 4 members (excludes halogenated alkanes) is 22. The second kappa shape index (κ2) is 33.9. The highest BCUT2D eigenvalue weighted by molar-refractivity contribution is 7.47. The zero-order valence-electron chi connectivity index (χ0n) is 29.8. The lowest BCUT2D eigenvalue weighted by atomic mass is 10.0. The molecule has 0 fully saturated rings. The van der Waals surface area contributed by atoms with Crippen molar-refractivity contribution < 1.29 is 37.6 Å². The van der Waals surface area contributed by atoms with Crippen LogP contribution >= 0.6 is 7.82 Å². The molecule has 0 heterocycles. The monoisotopic (exact) mass is 677 g/mol. The second-order valence-electron chi connectivity index (χ2n) is 12.8. The Labute approximate surface area is 282 Å². The molecule has 0 amide bonds. The SMILES string of the molecule is CCCCCCCCCCCCCCC(=O)OC[C@@H](COP(=O)(O)OCCCN)OC(=O)CCCCCCCCCCCCCC. The standard InChI is InChI=1S/C36H72NO8P/c1-3-5-7-9-11-13-15-17-19-21-23-25-28-35(38)42-32-34(33-44-46(40,41)43-31-27-30-37)45-36(39)29-26-24-22-20-18-16-14-12-10-8-6-4-2/h34H,3-33,37H2,1-2H3,(H,40,41)/t34-/m0/s1. The normalized spacial score (nSPS) is 13.4. The smallest absolute Gasteiger partial charge is 0.462 e. The maximum Gasteiger partial charge on any atom is 0.472 e. The quantitative estimate of drug-likeness (QED) is 0.0377. The fourth-order valence-electron chi connectivity index (χ4n) is 5.32. The number of hydrogen-bond donors (Lipinski definition) is 2. The van der Waals surface area contributed by atoms with Crippen molar-refractivity contribution in [1.29, 1.82) is 0 Å². The van der Waals surface area contributed by atoms with E-state index in [1.54, 1.807) is 0 Å². The molecule has 274 valence electrons. The van der Waals surface area contributed by atoms with Gasteiger partial charge in [-0.05, 0) is 25.8 Å². The molecule has 2 atom stereocenters. The van der Waals surface area contributed by atoms with Crippen LogP contribution in [0.15, 0.2) is 0 Å². The molecule has 3 N–H and O–H groups in total. The van der Waals surface area contributed by atoms with Crippen LogP contribution in [0.1, 0.15) is 187 Å². The van der Waals surface area contributed by atoms with E-state index >= 15 is 0 Å². The van der Waals surface area contributed by atoms with Crippen molar-refractivity contribution >= 4 is 19.8 Å². The minimum atomic E-state index is -4.35. The predicted molar refractivity (Wildman–Crippen MR) is 188 cm³/mol. The van der Waals surface area contributed by atoms with Crippen molar-refractivity contribution in [3.8, 4) is 0 Å². The molecule has 9 nitrogen and oxygen atoms in total. The summed E-state index contributed by atoms with van der Waals surface area (Å²) in [6.07, 6.45) is 28.9. The molecular formula is C36H72NO8P. The summed E-state index contributed by atoms with van der Waals surface area (Å²) < 4.78 is 33.0. The zero-order chi connectivity index (χ0) is 34.0. The van der Waals surface area contributed by atoms with Gasteiger partial charge in [-0.15, -0.1) is 0 Å². The van der Waals surface area contributed by atoms with Crippen LogP contribution < -0.4 is 5.73 Å². The van der Waals surface area contributed by atoms with Gasteiger partial charge in [-0.2, -0.15) is 0 Å². The van der Waals surface area contributed by atoms with E-state index in [0.717, 1.165) is 32.1 Å². The second-order valence-corrected chi connectivity index (χ2v) is 14.3. The summed E-state index contributed by atoms with van der Waals surface area (Å²) in [5, 5.41) is 0. The maximum atomic E-state index is 12.5. The number of phosphoric acid groups is 1. The summed E-state index contributed by atoms with van der Waals surface area (Å²) in [6, 6.07) is 0. The fraction of sp³-hybridized carbons (Fsp3) is 0.944. The molecule has 0 aliphatic rings. The zero-order valence-corrected chi connectivity index (χ0v) is 30.7. The van der Waals surface area contributed by atoms with Gasteiger partial charge in [0, 0.05) is 12.8 Å². The minimum absolute atomic E-state index is 0.0261. The van der Waals surface area contributed by atoms with Crippen LogP contribution in [-0.4, -0.2) is 49.3 Å². The summed E-state index contributed by atoms with van der Waals surface area (Å²) in [6.45, 7) is 4.13. The molecule has 1 unspecified atom stereocenters. The first-order valence-electron chi connectivity index (χ1n) is 19.0. The van der Waals surface area contributed by atoms with Crippen LogP contribution in [0, 0.1) is 0 Å². The highest BCUT2D eigenvalue weighted by atomic mass is 31.2. The number of carbonyl (C=O) groups excluding carboxylic acids is 2. The molecule has 0 aromatic rings. The van der Waals surface area contributed by atoms with E-state index in [4.69, 9.17) is 24.3 Å². The molecule has 0 bridgehead atoms. The summed E-state index contributed by atoms with van der Waals surface area (Å²) in [4.78, 5) is 34.8. The number of ether oxygens (including phenoxy) is 2. The largest absolute Gasteiger partial charge is 0.472 e. The Bertz CT molecular complexity index is 739. The van der Waals surface area contributed by atoms with Gasteiger partial charge in [-0.25, -0.2) is 4.57 Å². The van der Waals surface area contributed by atoms with Crippen LogP contribution in [0.4, 0.5) is 0 Å². The Morgan fingerprint density at radius 1 is 0.565 bits per heavy atom. The number of phosphoric ester groups is 1. The van der Waals surface area contributed by atoms with Crippen LogP contribution in [0.2, 0.25) is 0 Å². The molecule has 0 aromatic heterocycles. The summed E-state index contributed by atoms with van der Waals surface area (Å²) in [5.74, 6) is -0.810. The van der Waals surface area contributed by atoms with Crippen molar-refractivity contribution in [1.82, 2.24) is 0 Å². The molecule has 10 heteroatoms. The first-order chi connectivity index (χ1) is 22.3. The average molecular weight is 678 g/mol. The van der Waals surface area contributed by atoms with Gasteiger partial charge in [0.2, 0.25) is 0 Å². The number of esters is 2. The van der Waals surface area contributed by atoms with E-state index < -0.39 is 26.5 Å². The highest BCUT2D eigenvalue weighted by Crippen LogP contribution is 2.43. The molecule has 0 aliphatic heterocycles. The Hall–Kier alpha value is -0.990. The summed E-state index contributed by atoms with van der Waals surface area (Å²) in [5.41, 5.74) is 5.40. The van der Waals surface area contributed by atoms with Crippen LogP contribution in [0.5, 0.6) is 0 Å². The van der Waals surface area contributed by atoms with E-state index in [0.29, 0.717) is 25.8 Å². The molecule has 0 spiro atoms. The van der Waals surface area contributed by atoms with Gasteiger partial charge in [-0.3, -0.25) is 18.6 Å². The minimum Gasteiger partial charge on any atom is -0.462 e. The van der Waals surface area contributed by atoms with Gasteiger partial charge in [0.25, 0.3) is 0 Å². The molecule has 0 saturated heterocycles. The number of hydrogen-bond acceptors (Lipinski definition) is 8. The molecule has 0 saturated carbocycles. The molecule has 0 rings (SSSR count). The van der Waals surface area contributed by atoms with Gasteiger partial charge >= 0.3 is 19.8 Å². The molecule has 0 aromatic carbocycles. The van der Waals surface area contributed by atoms with Gasteiger partial charge < -0.3 is 20.1 Å². The highest BCUT2D eigenvalue weighted by Gasteiger charge is 2.26. The third kappa shape index (κ3) is 32.9. The van der Waals surface area contributed by atoms with Crippen molar-refractivity contribution in [2.45, 2.75) is 193 Å². The third-order valence-electron chi connectivity index (χ3n) is 8.22. The van der Waals surface area contributed by atoms with Crippen molar-refractivity contribution in [2.75, 3.05) is 26.4 Å². The first-order valence-corrected chi connectivity index (χ1v) is 20.5. The van der Waals surface area contributed by atoms with Crippen LogP contribution in [-0.2, 0) is 32.7 Å². The van der Waals surface area contributed by atoms with Crippen molar-refractivity contribution in [3.05, 3.63) is 0 Å². The van der Waals surface area contributed by atoms with Gasteiger partial charge in [0.05, 0.1) is 13.2 Å². The van der Waals surface area contributed by atoms with E-state index in [2.05, 4.69) is 13.8 Å². The predicted octanol–water partition coefficient (Wildman–Crippen LogP) is 10.1. The van der Waals surface area contributed by atoms with E-state index in [9.17, 15) is 19.0 Å².